The summed E-state index contributed by atoms with van der Waals surface area (Å²) in [5.41, 5.74) is 7.90. The van der Waals surface area contributed by atoms with Crippen molar-refractivity contribution < 1.29 is 0 Å². The molecule has 2 heteroatoms. The van der Waals surface area contributed by atoms with E-state index < -0.39 is 0 Å². The van der Waals surface area contributed by atoms with Crippen molar-refractivity contribution in [2.75, 3.05) is 13.1 Å². The molecule has 0 aromatic heterocycles. The largest absolute Gasteiger partial charge is 0.320 e. The van der Waals surface area contributed by atoms with Crippen LogP contribution in [0.15, 0.2) is 24.3 Å². The highest BCUT2D eigenvalue weighted by Gasteiger charge is 2.25. The molecule has 0 amide bonds. The van der Waals surface area contributed by atoms with Gasteiger partial charge in [0.15, 0.2) is 0 Å². The molecule has 0 aliphatic heterocycles. The van der Waals surface area contributed by atoms with E-state index in [4.69, 9.17) is 5.73 Å². The van der Waals surface area contributed by atoms with Gasteiger partial charge in [0, 0.05) is 24.7 Å². The second-order valence-corrected chi connectivity index (χ2v) is 5.63. The molecule has 0 radical (unpaired) electrons. The summed E-state index contributed by atoms with van der Waals surface area (Å²) in [4.78, 5) is 2.56. The van der Waals surface area contributed by atoms with E-state index in [1.54, 1.807) is 0 Å². The van der Waals surface area contributed by atoms with Crippen molar-refractivity contribution in [3.8, 4) is 11.8 Å². The minimum atomic E-state index is 0.421. The average molecular weight is 256 g/mol. The molecule has 0 atom stereocenters. The van der Waals surface area contributed by atoms with Gasteiger partial charge in [-0.25, -0.2) is 0 Å². The molecular weight excluding hydrogens is 232 g/mol. The molecule has 19 heavy (non-hydrogen) atoms. The zero-order valence-electron chi connectivity index (χ0n) is 12.0. The van der Waals surface area contributed by atoms with Crippen molar-refractivity contribution in [2.24, 2.45) is 11.7 Å². The maximum absolute atomic E-state index is 5.47. The lowest BCUT2D eigenvalue weighted by atomic mass is 10.1. The summed E-state index contributed by atoms with van der Waals surface area (Å²) in [6.07, 6.45) is 2.80. The van der Waals surface area contributed by atoms with Crippen molar-refractivity contribution in [2.45, 2.75) is 39.3 Å². The topological polar surface area (TPSA) is 29.3 Å². The molecule has 2 N–H and O–H groups in total. The number of nitrogens with zero attached hydrogens (tertiary/aromatic N) is 1. The Hall–Kier alpha value is -1.30. The monoisotopic (exact) mass is 256 g/mol. The van der Waals surface area contributed by atoms with Crippen molar-refractivity contribution in [3.05, 3.63) is 35.4 Å². The lowest BCUT2D eigenvalue weighted by Gasteiger charge is -2.27. The number of rotatable bonds is 5. The van der Waals surface area contributed by atoms with Crippen molar-refractivity contribution in [1.82, 2.24) is 4.90 Å². The minimum absolute atomic E-state index is 0.421. The van der Waals surface area contributed by atoms with Crippen molar-refractivity contribution in [3.63, 3.8) is 0 Å². The van der Waals surface area contributed by atoms with Crippen LogP contribution in [0.25, 0.3) is 0 Å². The van der Waals surface area contributed by atoms with Gasteiger partial charge in [0.2, 0.25) is 0 Å². The fraction of sp³-hybridized carbons (Fsp3) is 0.529. The highest BCUT2D eigenvalue weighted by molar-refractivity contribution is 5.41. The molecule has 2 rings (SSSR count). The Balaban J connectivity index is 2.10. The maximum atomic E-state index is 5.47. The maximum Gasteiger partial charge on any atom is 0.0555 e. The van der Waals surface area contributed by atoms with E-state index in [-0.39, 0.29) is 0 Å². The van der Waals surface area contributed by atoms with Gasteiger partial charge in [0.05, 0.1) is 6.54 Å². The number of hydrogen-bond acceptors (Lipinski definition) is 2. The summed E-state index contributed by atoms with van der Waals surface area (Å²) >= 11 is 0. The molecule has 0 unspecified atom stereocenters. The summed E-state index contributed by atoms with van der Waals surface area (Å²) in [6, 6.07) is 9.00. The Kier molecular flexibility index (Phi) is 5.01. The van der Waals surface area contributed by atoms with Crippen LogP contribution in [-0.4, -0.2) is 24.0 Å². The number of benzene rings is 1. The molecular formula is C17H24N2. The predicted octanol–water partition coefficient (Wildman–Crippen LogP) is 2.62. The second-order valence-electron chi connectivity index (χ2n) is 5.63. The Morgan fingerprint density at radius 2 is 2.05 bits per heavy atom. The Morgan fingerprint density at radius 1 is 1.32 bits per heavy atom. The van der Waals surface area contributed by atoms with Crippen LogP contribution in [0.1, 0.15) is 37.8 Å². The smallest absolute Gasteiger partial charge is 0.0555 e. The normalized spacial score (nSPS) is 14.6. The van der Waals surface area contributed by atoms with Gasteiger partial charge in [0.25, 0.3) is 0 Å². The van der Waals surface area contributed by atoms with Crippen molar-refractivity contribution >= 4 is 0 Å². The molecule has 0 saturated heterocycles. The van der Waals surface area contributed by atoms with Crippen LogP contribution in [-0.2, 0) is 6.54 Å². The summed E-state index contributed by atoms with van der Waals surface area (Å²) in [5, 5.41) is 0. The zero-order chi connectivity index (χ0) is 13.7. The Bertz CT molecular complexity index is 464. The molecule has 1 aromatic rings. The molecule has 0 bridgehead atoms. The SMILES string of the molecule is CC(C)N(Cc1ccccc1C#CCN)CC1CC1. The minimum Gasteiger partial charge on any atom is -0.320 e. The first-order chi connectivity index (χ1) is 9.20. The van der Waals surface area contributed by atoms with Gasteiger partial charge in [-0.05, 0) is 44.2 Å². The van der Waals surface area contributed by atoms with Crippen LogP contribution in [0.3, 0.4) is 0 Å². The molecule has 0 spiro atoms. The van der Waals surface area contributed by atoms with Crippen LogP contribution in [0, 0.1) is 17.8 Å². The highest BCUT2D eigenvalue weighted by atomic mass is 15.1. The van der Waals surface area contributed by atoms with E-state index in [0.29, 0.717) is 12.6 Å². The average Bonchev–Trinajstić information content (AvgIpc) is 3.20. The third-order valence-corrected chi connectivity index (χ3v) is 3.64. The highest BCUT2D eigenvalue weighted by Crippen LogP contribution is 2.31. The first kappa shape index (κ1) is 14.1. The van der Waals surface area contributed by atoms with Crippen LogP contribution in [0.4, 0.5) is 0 Å². The number of hydrogen-bond donors (Lipinski definition) is 1. The summed E-state index contributed by atoms with van der Waals surface area (Å²) in [7, 11) is 0. The predicted molar refractivity (Wildman–Crippen MR) is 80.6 cm³/mol. The fourth-order valence-electron chi connectivity index (χ4n) is 2.24. The molecule has 1 fully saturated rings. The van der Waals surface area contributed by atoms with E-state index in [2.05, 4.69) is 48.8 Å². The Morgan fingerprint density at radius 3 is 2.68 bits per heavy atom. The third kappa shape index (κ3) is 4.38. The van der Waals surface area contributed by atoms with Gasteiger partial charge in [0.1, 0.15) is 0 Å². The van der Waals surface area contributed by atoms with E-state index in [1.807, 2.05) is 6.07 Å². The quantitative estimate of drug-likeness (QED) is 0.821. The lowest BCUT2D eigenvalue weighted by molar-refractivity contribution is 0.203. The van der Waals surface area contributed by atoms with Gasteiger partial charge >= 0.3 is 0 Å². The zero-order valence-corrected chi connectivity index (χ0v) is 12.0. The molecule has 1 aliphatic rings. The van der Waals surface area contributed by atoms with E-state index >= 15 is 0 Å². The lowest BCUT2D eigenvalue weighted by Crippen LogP contribution is -2.32. The summed E-state index contributed by atoms with van der Waals surface area (Å²) < 4.78 is 0. The van der Waals surface area contributed by atoms with E-state index in [1.165, 1.54) is 24.9 Å². The summed E-state index contributed by atoms with van der Waals surface area (Å²) in [6.45, 7) is 7.18. The van der Waals surface area contributed by atoms with Crippen LogP contribution >= 0.6 is 0 Å². The van der Waals surface area contributed by atoms with E-state index in [9.17, 15) is 0 Å². The second kappa shape index (κ2) is 6.75. The van der Waals surface area contributed by atoms with Gasteiger partial charge in [-0.2, -0.15) is 0 Å². The van der Waals surface area contributed by atoms with Gasteiger partial charge in [-0.3, -0.25) is 4.90 Å². The molecule has 1 aliphatic carbocycles. The number of nitrogens with two attached hydrogens (primary N) is 1. The van der Waals surface area contributed by atoms with Crippen LogP contribution in [0.5, 0.6) is 0 Å². The molecule has 2 nitrogen and oxygen atoms in total. The third-order valence-electron chi connectivity index (χ3n) is 3.64. The first-order valence-corrected chi connectivity index (χ1v) is 7.21. The van der Waals surface area contributed by atoms with Gasteiger partial charge in [-0.15, -0.1) is 0 Å². The molecule has 0 heterocycles. The molecule has 1 aromatic carbocycles. The van der Waals surface area contributed by atoms with E-state index in [0.717, 1.165) is 18.0 Å². The van der Waals surface area contributed by atoms with Crippen molar-refractivity contribution in [1.29, 1.82) is 0 Å². The first-order valence-electron chi connectivity index (χ1n) is 7.21. The fourth-order valence-corrected chi connectivity index (χ4v) is 2.24. The van der Waals surface area contributed by atoms with Gasteiger partial charge in [-0.1, -0.05) is 30.0 Å². The molecule has 1 saturated carbocycles. The molecule has 102 valence electrons. The van der Waals surface area contributed by atoms with Crippen LogP contribution < -0.4 is 5.73 Å². The standard InChI is InChI=1S/C17H24N2/c1-14(2)19(12-15-9-10-15)13-17-7-4-3-6-16(17)8-5-11-18/h3-4,6-7,14-15H,9-13,18H2,1-2H3. The van der Waals surface area contributed by atoms with Crippen LogP contribution in [0.2, 0.25) is 0 Å². The van der Waals surface area contributed by atoms with Gasteiger partial charge < -0.3 is 5.73 Å². The summed E-state index contributed by atoms with van der Waals surface area (Å²) in [5.74, 6) is 7.07. The Labute approximate surface area is 117 Å².